The summed E-state index contributed by atoms with van der Waals surface area (Å²) in [5.41, 5.74) is -0.656. The first-order valence-corrected chi connectivity index (χ1v) is 7.22. The molecular weight excluding hydrogens is 282 g/mol. The molecule has 1 atom stereocenters. The van der Waals surface area contributed by atoms with Gasteiger partial charge in [0.25, 0.3) is 6.43 Å². The highest BCUT2D eigenvalue weighted by Gasteiger charge is 2.39. The summed E-state index contributed by atoms with van der Waals surface area (Å²) in [5.74, 6) is -0.422. The van der Waals surface area contributed by atoms with E-state index in [0.717, 1.165) is 4.90 Å². The molecule has 0 spiro atoms. The van der Waals surface area contributed by atoms with Crippen LogP contribution in [0.25, 0.3) is 0 Å². The summed E-state index contributed by atoms with van der Waals surface area (Å²) in [4.78, 5) is 26.9. The second-order valence-electron chi connectivity index (χ2n) is 6.15. The molecule has 0 aromatic rings. The number of rotatable bonds is 4. The maximum Gasteiger partial charge on any atom is 0.411 e. The molecule has 0 bridgehead atoms. The van der Waals surface area contributed by atoms with Crippen LogP contribution in [-0.2, 0) is 9.53 Å². The van der Waals surface area contributed by atoms with Gasteiger partial charge in [0.15, 0.2) is 0 Å². The van der Waals surface area contributed by atoms with E-state index in [2.05, 4.69) is 0 Å². The molecule has 0 aromatic heterocycles. The van der Waals surface area contributed by atoms with Crippen molar-refractivity contribution in [1.82, 2.24) is 9.80 Å². The predicted octanol–water partition coefficient (Wildman–Crippen LogP) is 2.50. The Kier molecular flexibility index (Phi) is 5.92. The number of hydrogen-bond donors (Lipinski definition) is 0. The highest BCUT2D eigenvalue weighted by molar-refractivity contribution is 5.87. The number of ether oxygens (including phenoxy) is 1. The van der Waals surface area contributed by atoms with Gasteiger partial charge < -0.3 is 9.64 Å². The van der Waals surface area contributed by atoms with Gasteiger partial charge in [-0.2, -0.15) is 0 Å². The lowest BCUT2D eigenvalue weighted by atomic mass is 10.1. The summed E-state index contributed by atoms with van der Waals surface area (Å²) >= 11 is 0. The maximum absolute atomic E-state index is 12.5. The van der Waals surface area contributed by atoms with Crippen molar-refractivity contribution in [3.8, 4) is 0 Å². The van der Waals surface area contributed by atoms with E-state index in [-0.39, 0.29) is 13.1 Å². The van der Waals surface area contributed by atoms with Gasteiger partial charge in [0.05, 0.1) is 6.54 Å². The summed E-state index contributed by atoms with van der Waals surface area (Å²) in [5, 5.41) is 0. The van der Waals surface area contributed by atoms with E-state index >= 15 is 0 Å². The molecule has 0 aliphatic carbocycles. The molecule has 1 heterocycles. The number of carbonyl (C=O) groups excluding carboxylic acids is 2. The van der Waals surface area contributed by atoms with E-state index in [4.69, 9.17) is 4.74 Å². The third-order valence-electron chi connectivity index (χ3n) is 3.13. The van der Waals surface area contributed by atoms with Crippen LogP contribution in [0.5, 0.6) is 0 Å². The van der Waals surface area contributed by atoms with Gasteiger partial charge in [-0.15, -0.1) is 0 Å². The van der Waals surface area contributed by atoms with Gasteiger partial charge in [0, 0.05) is 13.1 Å². The Balaban J connectivity index is 2.82. The van der Waals surface area contributed by atoms with Gasteiger partial charge in [-0.05, 0) is 27.2 Å². The van der Waals surface area contributed by atoms with Crippen LogP contribution in [0.2, 0.25) is 0 Å². The fraction of sp³-hybridized carbons (Fsp3) is 0.857. The van der Waals surface area contributed by atoms with Crippen LogP contribution in [0.1, 0.15) is 40.5 Å². The predicted molar refractivity (Wildman–Crippen MR) is 74.2 cm³/mol. The molecule has 122 valence electrons. The second-order valence-corrected chi connectivity index (χ2v) is 6.15. The molecule has 1 fully saturated rings. The number of alkyl halides is 2. The number of piperazine rings is 1. The third-order valence-corrected chi connectivity index (χ3v) is 3.13. The first kappa shape index (κ1) is 17.7. The molecular formula is C14H24F2N2O3. The zero-order chi connectivity index (χ0) is 16.2. The largest absolute Gasteiger partial charge is 0.444 e. The van der Waals surface area contributed by atoms with Crippen molar-refractivity contribution in [2.24, 2.45) is 0 Å². The van der Waals surface area contributed by atoms with Gasteiger partial charge in [0.1, 0.15) is 11.6 Å². The zero-order valence-corrected chi connectivity index (χ0v) is 13.1. The van der Waals surface area contributed by atoms with Crippen molar-refractivity contribution in [3.63, 3.8) is 0 Å². The molecule has 1 rings (SSSR count). The Morgan fingerprint density at radius 2 is 2.00 bits per heavy atom. The summed E-state index contributed by atoms with van der Waals surface area (Å²) in [6, 6.07) is -0.711. The van der Waals surface area contributed by atoms with E-state index in [9.17, 15) is 18.4 Å². The minimum atomic E-state index is -2.57. The van der Waals surface area contributed by atoms with Crippen LogP contribution < -0.4 is 0 Å². The number of halogens is 2. The first-order chi connectivity index (χ1) is 9.65. The number of amides is 2. The molecule has 21 heavy (non-hydrogen) atoms. The van der Waals surface area contributed by atoms with Crippen molar-refractivity contribution in [2.75, 3.05) is 19.6 Å². The Bertz CT molecular complexity index is 383. The Morgan fingerprint density at radius 1 is 1.38 bits per heavy atom. The maximum atomic E-state index is 12.5. The van der Waals surface area contributed by atoms with Crippen molar-refractivity contribution in [1.29, 1.82) is 0 Å². The Hall–Kier alpha value is -1.40. The van der Waals surface area contributed by atoms with Crippen LogP contribution in [0, 0.1) is 0 Å². The lowest BCUT2D eigenvalue weighted by Gasteiger charge is -2.40. The monoisotopic (exact) mass is 306 g/mol. The van der Waals surface area contributed by atoms with Gasteiger partial charge in [-0.25, -0.2) is 13.6 Å². The minimum Gasteiger partial charge on any atom is -0.444 e. The molecule has 1 unspecified atom stereocenters. The molecule has 0 saturated carbocycles. The van der Waals surface area contributed by atoms with Crippen molar-refractivity contribution < 1.29 is 23.1 Å². The van der Waals surface area contributed by atoms with Crippen molar-refractivity contribution in [3.05, 3.63) is 0 Å². The Morgan fingerprint density at radius 3 is 2.48 bits per heavy atom. The molecule has 0 aromatic carbocycles. The van der Waals surface area contributed by atoms with Crippen LogP contribution in [0.3, 0.4) is 0 Å². The van der Waals surface area contributed by atoms with E-state index in [1.165, 1.54) is 4.90 Å². The minimum absolute atomic E-state index is 0.114. The first-order valence-electron chi connectivity index (χ1n) is 7.22. The summed E-state index contributed by atoms with van der Waals surface area (Å²) in [7, 11) is 0. The number of nitrogens with zero attached hydrogens (tertiary/aromatic N) is 2. The quantitative estimate of drug-likeness (QED) is 0.802. The molecule has 7 heteroatoms. The van der Waals surface area contributed by atoms with E-state index < -0.39 is 36.6 Å². The normalized spacial score (nSPS) is 20.1. The summed E-state index contributed by atoms with van der Waals surface area (Å²) in [6.07, 6.45) is -2.01. The molecule has 2 amide bonds. The number of hydrogen-bond acceptors (Lipinski definition) is 3. The topological polar surface area (TPSA) is 49.9 Å². The van der Waals surface area contributed by atoms with Crippen LogP contribution in [0.4, 0.5) is 13.6 Å². The van der Waals surface area contributed by atoms with E-state index in [0.29, 0.717) is 12.8 Å². The van der Waals surface area contributed by atoms with Gasteiger partial charge in [-0.1, -0.05) is 13.3 Å². The van der Waals surface area contributed by atoms with Gasteiger partial charge >= 0.3 is 6.09 Å². The molecule has 5 nitrogen and oxygen atoms in total. The molecule has 1 aliphatic rings. The van der Waals surface area contributed by atoms with Crippen LogP contribution in [0.15, 0.2) is 0 Å². The highest BCUT2D eigenvalue weighted by atomic mass is 19.3. The lowest BCUT2D eigenvalue weighted by Crippen LogP contribution is -2.60. The van der Waals surface area contributed by atoms with E-state index in [1.54, 1.807) is 20.8 Å². The van der Waals surface area contributed by atoms with Gasteiger partial charge in [0.2, 0.25) is 5.91 Å². The third kappa shape index (κ3) is 5.13. The van der Waals surface area contributed by atoms with Crippen molar-refractivity contribution in [2.45, 2.75) is 58.6 Å². The molecule has 0 N–H and O–H groups in total. The average Bonchev–Trinajstić information content (AvgIpc) is 2.31. The molecule has 0 radical (unpaired) electrons. The smallest absolute Gasteiger partial charge is 0.411 e. The standard InChI is InChI=1S/C14H24F2N2O3/c1-5-6-10-12(19)17(9-11(15)16)7-8-18(10)13(20)21-14(2,3)4/h10-11H,5-9H2,1-4H3. The second kappa shape index (κ2) is 7.04. The fourth-order valence-corrected chi connectivity index (χ4v) is 2.28. The zero-order valence-electron chi connectivity index (χ0n) is 13.1. The molecule has 1 saturated heterocycles. The van der Waals surface area contributed by atoms with Crippen molar-refractivity contribution >= 4 is 12.0 Å². The molecule has 1 aliphatic heterocycles. The summed E-state index contributed by atoms with van der Waals surface area (Å²) in [6.45, 7) is 6.87. The SMILES string of the molecule is CCCC1C(=O)N(CC(F)F)CCN1C(=O)OC(C)(C)C. The van der Waals surface area contributed by atoms with E-state index in [1.807, 2.05) is 6.92 Å². The Labute approximate surface area is 124 Å². The fourth-order valence-electron chi connectivity index (χ4n) is 2.28. The average molecular weight is 306 g/mol. The van der Waals surface area contributed by atoms with Gasteiger partial charge in [-0.3, -0.25) is 9.69 Å². The summed E-state index contributed by atoms with van der Waals surface area (Å²) < 4.78 is 30.3. The number of carbonyl (C=O) groups is 2. The van der Waals surface area contributed by atoms with Crippen LogP contribution >= 0.6 is 0 Å². The van der Waals surface area contributed by atoms with Crippen LogP contribution in [-0.4, -0.2) is 59.5 Å². The lowest BCUT2D eigenvalue weighted by molar-refractivity contribution is -0.144. The highest BCUT2D eigenvalue weighted by Crippen LogP contribution is 2.20.